The number of carbonyl (C=O) groups excluding carboxylic acids is 2. The lowest BCUT2D eigenvalue weighted by atomic mass is 10.1. The number of benzene rings is 2. The number of amides is 2. The van der Waals surface area contributed by atoms with Gasteiger partial charge in [0.05, 0.1) is 6.61 Å². The minimum absolute atomic E-state index is 0.0842. The highest BCUT2D eigenvalue weighted by molar-refractivity contribution is 6.30. The SMILES string of the molecule is Cc1ccc(OCCCC(=O)N(Cc2ccc(Cl)cc2)[C@H](C)C(=O)NC(C)(C)C)cc1. The van der Waals surface area contributed by atoms with Crippen molar-refractivity contribution in [2.45, 2.75) is 65.6 Å². The third-order valence-electron chi connectivity index (χ3n) is 4.76. The van der Waals surface area contributed by atoms with Crippen molar-refractivity contribution >= 4 is 23.4 Å². The first-order chi connectivity index (χ1) is 14.5. The van der Waals surface area contributed by atoms with Crippen molar-refractivity contribution in [2.24, 2.45) is 0 Å². The van der Waals surface area contributed by atoms with Crippen LogP contribution < -0.4 is 10.1 Å². The van der Waals surface area contributed by atoms with Gasteiger partial charge in [-0.3, -0.25) is 9.59 Å². The van der Waals surface area contributed by atoms with Gasteiger partial charge in [-0.1, -0.05) is 41.4 Å². The first kappa shape index (κ1) is 24.7. The van der Waals surface area contributed by atoms with Crippen molar-refractivity contribution < 1.29 is 14.3 Å². The van der Waals surface area contributed by atoms with E-state index in [4.69, 9.17) is 16.3 Å². The van der Waals surface area contributed by atoms with Gasteiger partial charge < -0.3 is 15.0 Å². The summed E-state index contributed by atoms with van der Waals surface area (Å²) in [6, 6.07) is 14.5. The monoisotopic (exact) mass is 444 g/mol. The second-order valence-electron chi connectivity index (χ2n) is 8.83. The van der Waals surface area contributed by atoms with Crippen LogP contribution in [0.1, 0.15) is 51.7 Å². The fraction of sp³-hybridized carbons (Fsp3) is 0.440. The second kappa shape index (κ2) is 11.2. The Morgan fingerprint density at radius 2 is 1.68 bits per heavy atom. The van der Waals surface area contributed by atoms with Crippen molar-refractivity contribution in [1.29, 1.82) is 0 Å². The molecular weight excluding hydrogens is 412 g/mol. The summed E-state index contributed by atoms with van der Waals surface area (Å²) >= 11 is 5.98. The number of nitrogens with zero attached hydrogens (tertiary/aromatic N) is 1. The average molecular weight is 445 g/mol. The molecule has 0 aliphatic rings. The topological polar surface area (TPSA) is 58.6 Å². The quantitative estimate of drug-likeness (QED) is 0.545. The third-order valence-corrected chi connectivity index (χ3v) is 5.01. The lowest BCUT2D eigenvalue weighted by Crippen LogP contribution is -2.52. The Morgan fingerprint density at radius 1 is 1.06 bits per heavy atom. The fourth-order valence-electron chi connectivity index (χ4n) is 3.03. The van der Waals surface area contributed by atoms with Crippen LogP contribution in [0.3, 0.4) is 0 Å². The number of hydrogen-bond acceptors (Lipinski definition) is 3. The maximum Gasteiger partial charge on any atom is 0.242 e. The zero-order chi connectivity index (χ0) is 23.0. The molecule has 0 spiro atoms. The molecule has 0 unspecified atom stereocenters. The van der Waals surface area contributed by atoms with Crippen LogP contribution in [0.5, 0.6) is 5.75 Å². The van der Waals surface area contributed by atoms with Crippen LogP contribution in [0, 0.1) is 6.92 Å². The van der Waals surface area contributed by atoms with Gasteiger partial charge in [0, 0.05) is 23.5 Å². The summed E-state index contributed by atoms with van der Waals surface area (Å²) in [6.45, 7) is 10.3. The molecule has 0 aromatic heterocycles. The predicted octanol–water partition coefficient (Wildman–Crippen LogP) is 5.14. The van der Waals surface area contributed by atoms with Crippen molar-refractivity contribution in [3.8, 4) is 5.75 Å². The maximum absolute atomic E-state index is 13.0. The molecule has 31 heavy (non-hydrogen) atoms. The van der Waals surface area contributed by atoms with Crippen LogP contribution in [0.15, 0.2) is 48.5 Å². The summed E-state index contributed by atoms with van der Waals surface area (Å²) in [5.74, 6) is 0.527. The van der Waals surface area contributed by atoms with E-state index >= 15 is 0 Å². The van der Waals surface area contributed by atoms with Gasteiger partial charge in [0.25, 0.3) is 0 Å². The lowest BCUT2D eigenvalue weighted by molar-refractivity contribution is -0.141. The minimum Gasteiger partial charge on any atom is -0.494 e. The van der Waals surface area contributed by atoms with E-state index in [9.17, 15) is 9.59 Å². The molecule has 0 saturated carbocycles. The smallest absolute Gasteiger partial charge is 0.242 e. The first-order valence-electron chi connectivity index (χ1n) is 10.6. The minimum atomic E-state index is -0.597. The summed E-state index contributed by atoms with van der Waals surface area (Å²) in [5, 5.41) is 3.60. The van der Waals surface area contributed by atoms with Gasteiger partial charge >= 0.3 is 0 Å². The molecule has 0 radical (unpaired) electrons. The summed E-state index contributed by atoms with van der Waals surface area (Å²) in [7, 11) is 0. The van der Waals surface area contributed by atoms with Gasteiger partial charge in [-0.25, -0.2) is 0 Å². The van der Waals surface area contributed by atoms with Crippen LogP contribution in [-0.2, 0) is 16.1 Å². The van der Waals surface area contributed by atoms with Gasteiger partial charge in [0.2, 0.25) is 11.8 Å². The normalized spacial score (nSPS) is 12.2. The standard InChI is InChI=1S/C25H33ClN2O3/c1-18-8-14-22(15-9-18)31-16-6-7-23(29)28(17-20-10-12-21(26)13-11-20)19(2)24(30)27-25(3,4)5/h8-15,19H,6-7,16-17H2,1-5H3,(H,27,30)/t19-/m1/s1. The number of rotatable bonds is 9. The van der Waals surface area contributed by atoms with Gasteiger partial charge in [-0.2, -0.15) is 0 Å². The second-order valence-corrected chi connectivity index (χ2v) is 9.26. The van der Waals surface area contributed by atoms with Crippen molar-refractivity contribution in [2.75, 3.05) is 6.61 Å². The van der Waals surface area contributed by atoms with Crippen molar-refractivity contribution in [3.05, 3.63) is 64.7 Å². The molecule has 0 aliphatic heterocycles. The van der Waals surface area contributed by atoms with E-state index in [1.807, 2.05) is 64.1 Å². The summed E-state index contributed by atoms with van der Waals surface area (Å²) in [4.78, 5) is 27.4. The molecule has 2 rings (SSSR count). The van der Waals surface area contributed by atoms with Gasteiger partial charge in [-0.05, 0) is 70.9 Å². The van der Waals surface area contributed by atoms with Crippen LogP contribution in [0.4, 0.5) is 0 Å². The zero-order valence-electron chi connectivity index (χ0n) is 19.1. The Labute approximate surface area is 190 Å². The van der Waals surface area contributed by atoms with Crippen LogP contribution in [0.25, 0.3) is 0 Å². The van der Waals surface area contributed by atoms with Gasteiger partial charge in [0.1, 0.15) is 11.8 Å². The molecule has 0 fully saturated rings. The van der Waals surface area contributed by atoms with E-state index in [0.29, 0.717) is 31.0 Å². The fourth-order valence-corrected chi connectivity index (χ4v) is 3.16. The van der Waals surface area contributed by atoms with E-state index in [-0.39, 0.29) is 17.4 Å². The lowest BCUT2D eigenvalue weighted by Gasteiger charge is -2.31. The van der Waals surface area contributed by atoms with Crippen molar-refractivity contribution in [1.82, 2.24) is 10.2 Å². The zero-order valence-corrected chi connectivity index (χ0v) is 19.8. The van der Waals surface area contributed by atoms with Crippen LogP contribution in [0.2, 0.25) is 5.02 Å². The van der Waals surface area contributed by atoms with Crippen molar-refractivity contribution in [3.63, 3.8) is 0 Å². The number of aryl methyl sites for hydroxylation is 1. The Kier molecular flexibility index (Phi) is 8.93. The third kappa shape index (κ3) is 8.62. The summed E-state index contributed by atoms with van der Waals surface area (Å²) < 4.78 is 5.73. The molecule has 0 bridgehead atoms. The molecule has 2 amide bonds. The molecule has 6 heteroatoms. The maximum atomic E-state index is 13.0. The number of hydrogen-bond donors (Lipinski definition) is 1. The molecule has 0 aliphatic carbocycles. The number of nitrogens with one attached hydrogen (secondary N) is 1. The van der Waals surface area contributed by atoms with E-state index in [1.54, 1.807) is 24.0 Å². The van der Waals surface area contributed by atoms with E-state index in [1.165, 1.54) is 5.56 Å². The largest absolute Gasteiger partial charge is 0.494 e. The van der Waals surface area contributed by atoms with Gasteiger partial charge in [0.15, 0.2) is 0 Å². The molecule has 0 saturated heterocycles. The molecular formula is C25H33ClN2O3. The Morgan fingerprint density at radius 3 is 2.26 bits per heavy atom. The van der Waals surface area contributed by atoms with Crippen LogP contribution in [-0.4, -0.2) is 34.9 Å². The highest BCUT2D eigenvalue weighted by Crippen LogP contribution is 2.16. The van der Waals surface area contributed by atoms with Crippen LogP contribution >= 0.6 is 11.6 Å². The predicted molar refractivity (Wildman–Crippen MR) is 125 cm³/mol. The Hall–Kier alpha value is -2.53. The summed E-state index contributed by atoms with van der Waals surface area (Å²) in [5.41, 5.74) is 1.72. The molecule has 0 heterocycles. The number of halogens is 1. The van der Waals surface area contributed by atoms with Gasteiger partial charge in [-0.15, -0.1) is 0 Å². The highest BCUT2D eigenvalue weighted by Gasteiger charge is 2.28. The number of ether oxygens (including phenoxy) is 1. The first-order valence-corrected chi connectivity index (χ1v) is 11.0. The molecule has 2 aromatic carbocycles. The van der Waals surface area contributed by atoms with E-state index < -0.39 is 6.04 Å². The molecule has 168 valence electrons. The Balaban J connectivity index is 2.01. The molecule has 1 N–H and O–H groups in total. The van der Waals surface area contributed by atoms with E-state index in [0.717, 1.165) is 11.3 Å². The number of carbonyl (C=O) groups is 2. The average Bonchev–Trinajstić information content (AvgIpc) is 2.70. The summed E-state index contributed by atoms with van der Waals surface area (Å²) in [6.07, 6.45) is 0.865. The van der Waals surface area contributed by atoms with E-state index in [2.05, 4.69) is 5.32 Å². The molecule has 1 atom stereocenters. The molecule has 5 nitrogen and oxygen atoms in total. The Bertz CT molecular complexity index is 858. The highest BCUT2D eigenvalue weighted by atomic mass is 35.5. The molecule has 2 aromatic rings.